The zero-order valence-corrected chi connectivity index (χ0v) is 14.8. The van der Waals surface area contributed by atoms with E-state index in [1.165, 1.54) is 31.2 Å². The quantitative estimate of drug-likeness (QED) is 0.371. The molecule has 0 spiro atoms. The van der Waals surface area contributed by atoms with Gasteiger partial charge in [0.15, 0.2) is 5.11 Å². The molecule has 1 N–H and O–H groups in total. The Morgan fingerprint density at radius 3 is 2.73 bits per heavy atom. The number of nitrogens with zero attached hydrogens (tertiary/aromatic N) is 2. The van der Waals surface area contributed by atoms with Crippen molar-refractivity contribution in [3.63, 3.8) is 0 Å². The summed E-state index contributed by atoms with van der Waals surface area (Å²) in [5.41, 5.74) is 0.295. The van der Waals surface area contributed by atoms with E-state index >= 15 is 0 Å². The van der Waals surface area contributed by atoms with Gasteiger partial charge in [-0.25, -0.2) is 4.90 Å². The number of furan rings is 1. The van der Waals surface area contributed by atoms with Crippen LogP contribution in [0.2, 0.25) is 5.02 Å². The maximum atomic E-state index is 12.2. The zero-order chi connectivity index (χ0) is 19.0. The van der Waals surface area contributed by atoms with E-state index in [9.17, 15) is 19.7 Å². The highest BCUT2D eigenvalue weighted by atomic mass is 35.5. The lowest BCUT2D eigenvalue weighted by atomic mass is 10.1. The Balaban J connectivity index is 1.93. The Morgan fingerprint density at radius 1 is 1.38 bits per heavy atom. The van der Waals surface area contributed by atoms with Crippen molar-refractivity contribution < 1.29 is 18.9 Å². The van der Waals surface area contributed by atoms with E-state index in [0.29, 0.717) is 11.3 Å². The first kappa shape index (κ1) is 17.8. The summed E-state index contributed by atoms with van der Waals surface area (Å²) < 4.78 is 5.60. The molecule has 1 fully saturated rings. The number of hydrogen-bond donors (Lipinski definition) is 1. The van der Waals surface area contributed by atoms with Crippen molar-refractivity contribution in [1.29, 1.82) is 0 Å². The fourth-order valence-corrected chi connectivity index (χ4v) is 2.89. The predicted molar refractivity (Wildman–Crippen MR) is 97.0 cm³/mol. The van der Waals surface area contributed by atoms with Gasteiger partial charge in [0, 0.05) is 30.7 Å². The van der Waals surface area contributed by atoms with Crippen LogP contribution in [-0.2, 0) is 9.59 Å². The van der Waals surface area contributed by atoms with Crippen molar-refractivity contribution in [3.05, 3.63) is 56.9 Å². The number of halogens is 1. The topological polar surface area (TPSA) is 106 Å². The largest absolute Gasteiger partial charge is 0.457 e. The smallest absolute Gasteiger partial charge is 0.283 e. The highest BCUT2D eigenvalue weighted by molar-refractivity contribution is 7.80. The summed E-state index contributed by atoms with van der Waals surface area (Å²) in [6, 6.07) is 7.12. The normalized spacial score (nSPS) is 15.5. The minimum absolute atomic E-state index is 0.0118. The highest BCUT2D eigenvalue weighted by Crippen LogP contribution is 2.33. The van der Waals surface area contributed by atoms with Gasteiger partial charge in [0.05, 0.1) is 9.95 Å². The van der Waals surface area contributed by atoms with Crippen LogP contribution in [0.25, 0.3) is 17.4 Å². The maximum absolute atomic E-state index is 12.2. The predicted octanol–water partition coefficient (Wildman–Crippen LogP) is 3.11. The third-order valence-electron chi connectivity index (χ3n) is 3.53. The molecule has 0 radical (unpaired) electrons. The molecule has 2 amide bonds. The number of nitrogens with one attached hydrogen (secondary N) is 1. The molecule has 0 unspecified atom stereocenters. The second-order valence-electron chi connectivity index (χ2n) is 5.27. The number of hydrogen-bond acceptors (Lipinski definition) is 6. The molecule has 1 aliphatic heterocycles. The van der Waals surface area contributed by atoms with E-state index in [0.717, 1.165) is 4.90 Å². The van der Waals surface area contributed by atoms with E-state index in [1.807, 2.05) is 0 Å². The van der Waals surface area contributed by atoms with Crippen molar-refractivity contribution in [1.82, 2.24) is 10.2 Å². The third kappa shape index (κ3) is 3.22. The van der Waals surface area contributed by atoms with Gasteiger partial charge in [0.25, 0.3) is 11.6 Å². The van der Waals surface area contributed by atoms with Crippen LogP contribution < -0.4 is 5.32 Å². The van der Waals surface area contributed by atoms with Gasteiger partial charge in [0.1, 0.15) is 17.2 Å². The van der Waals surface area contributed by atoms with Crippen molar-refractivity contribution in [2.45, 2.75) is 6.92 Å². The summed E-state index contributed by atoms with van der Waals surface area (Å²) in [6.45, 7) is 1.23. The molecular formula is C16H10ClN3O5S. The average molecular weight is 392 g/mol. The van der Waals surface area contributed by atoms with Crippen LogP contribution >= 0.6 is 23.8 Å². The summed E-state index contributed by atoms with van der Waals surface area (Å²) in [5, 5.41) is 13.8. The van der Waals surface area contributed by atoms with Crippen LogP contribution in [0.3, 0.4) is 0 Å². The van der Waals surface area contributed by atoms with Gasteiger partial charge in [-0.1, -0.05) is 11.6 Å². The van der Waals surface area contributed by atoms with Gasteiger partial charge in [-0.05, 0) is 30.4 Å². The van der Waals surface area contributed by atoms with Crippen LogP contribution in [0.15, 0.2) is 40.4 Å². The Labute approximate surface area is 157 Å². The molecule has 3 rings (SSSR count). The number of benzene rings is 1. The van der Waals surface area contributed by atoms with Crippen LogP contribution in [0.4, 0.5) is 5.69 Å². The molecular weight excluding hydrogens is 382 g/mol. The fraction of sp³-hybridized carbons (Fsp3) is 0.0625. The molecule has 1 aliphatic rings. The molecule has 8 nitrogen and oxygen atoms in total. The van der Waals surface area contributed by atoms with E-state index in [1.54, 1.807) is 12.1 Å². The van der Waals surface area contributed by atoms with E-state index in [-0.39, 0.29) is 27.3 Å². The molecule has 1 aromatic heterocycles. The van der Waals surface area contributed by atoms with Gasteiger partial charge >= 0.3 is 0 Å². The second-order valence-corrected chi connectivity index (χ2v) is 6.06. The van der Waals surface area contributed by atoms with Crippen LogP contribution in [-0.4, -0.2) is 26.8 Å². The highest BCUT2D eigenvalue weighted by Gasteiger charge is 2.33. The molecule has 10 heteroatoms. The first-order chi connectivity index (χ1) is 12.3. The number of carbonyl (C=O) groups excluding carboxylic acids is 2. The molecule has 1 aromatic carbocycles. The minimum atomic E-state index is -0.589. The van der Waals surface area contributed by atoms with Gasteiger partial charge < -0.3 is 9.73 Å². The lowest BCUT2D eigenvalue weighted by Crippen LogP contribution is -2.34. The lowest BCUT2D eigenvalue weighted by Gasteiger charge is -2.06. The SMILES string of the molecule is CC(=O)N1C(=O)/C(=C/c2ccc(-c3cc([N+](=O)[O-])ccc3Cl)o2)NC1=S. The van der Waals surface area contributed by atoms with E-state index < -0.39 is 16.7 Å². The van der Waals surface area contributed by atoms with Crippen molar-refractivity contribution in [2.75, 3.05) is 0 Å². The summed E-state index contributed by atoms with van der Waals surface area (Å²) in [4.78, 5) is 34.8. The monoisotopic (exact) mass is 391 g/mol. The average Bonchev–Trinajstić information content (AvgIpc) is 3.12. The molecule has 2 aromatic rings. The third-order valence-corrected chi connectivity index (χ3v) is 4.15. The van der Waals surface area contributed by atoms with Crippen LogP contribution in [0.1, 0.15) is 12.7 Å². The molecule has 0 saturated carbocycles. The fourth-order valence-electron chi connectivity index (χ4n) is 2.35. The first-order valence-corrected chi connectivity index (χ1v) is 7.98. The standard InChI is InChI=1S/C16H10ClN3O5S/c1-8(21)19-15(22)13(18-16(19)26)7-10-3-5-14(25-10)11-6-9(20(23)24)2-4-12(11)17/h2-7H,1H3,(H,18,26)/b13-7-. The number of carbonyl (C=O) groups is 2. The number of non-ortho nitro benzene ring substituents is 1. The van der Waals surface area contributed by atoms with E-state index in [2.05, 4.69) is 5.32 Å². The summed E-state index contributed by atoms with van der Waals surface area (Å²) in [6.07, 6.45) is 1.38. The van der Waals surface area contributed by atoms with Gasteiger partial charge in [-0.3, -0.25) is 19.7 Å². The van der Waals surface area contributed by atoms with Crippen LogP contribution in [0, 0.1) is 10.1 Å². The van der Waals surface area contributed by atoms with E-state index in [4.69, 9.17) is 28.2 Å². The molecule has 0 bridgehead atoms. The number of rotatable bonds is 3. The summed E-state index contributed by atoms with van der Waals surface area (Å²) >= 11 is 11.0. The Hall–Kier alpha value is -3.04. The zero-order valence-electron chi connectivity index (χ0n) is 13.2. The van der Waals surface area contributed by atoms with Gasteiger partial charge in [0.2, 0.25) is 5.91 Å². The second kappa shape index (κ2) is 6.70. The molecule has 26 heavy (non-hydrogen) atoms. The number of nitro benzene ring substituents is 1. The van der Waals surface area contributed by atoms with Crippen molar-refractivity contribution in [3.8, 4) is 11.3 Å². The summed E-state index contributed by atoms with van der Waals surface area (Å²) in [7, 11) is 0. The number of nitro groups is 1. The molecule has 0 atom stereocenters. The molecule has 132 valence electrons. The number of thiocarbonyl (C=S) groups is 1. The summed E-state index contributed by atoms with van der Waals surface area (Å²) in [5.74, 6) is -0.512. The van der Waals surface area contributed by atoms with Gasteiger partial charge in [-0.15, -0.1) is 0 Å². The van der Waals surface area contributed by atoms with Gasteiger partial charge in [-0.2, -0.15) is 0 Å². The first-order valence-electron chi connectivity index (χ1n) is 7.20. The molecule has 1 saturated heterocycles. The Bertz CT molecular complexity index is 998. The van der Waals surface area contributed by atoms with Crippen molar-refractivity contribution >= 4 is 52.5 Å². The molecule has 0 aliphatic carbocycles. The van der Waals surface area contributed by atoms with Crippen LogP contribution in [0.5, 0.6) is 0 Å². The lowest BCUT2D eigenvalue weighted by molar-refractivity contribution is -0.384. The maximum Gasteiger partial charge on any atom is 0.283 e. The Kier molecular flexibility index (Phi) is 4.58. The Morgan fingerprint density at radius 2 is 2.12 bits per heavy atom. The minimum Gasteiger partial charge on any atom is -0.457 e. The number of imide groups is 1. The molecule has 2 heterocycles. The van der Waals surface area contributed by atoms with Crippen molar-refractivity contribution in [2.24, 2.45) is 0 Å². The number of amides is 2.